The molecule has 1 atom stereocenters. The first-order valence-corrected chi connectivity index (χ1v) is 9.07. The predicted molar refractivity (Wildman–Crippen MR) is 93.6 cm³/mol. The molecule has 3 N–H and O–H groups in total. The van der Waals surface area contributed by atoms with Gasteiger partial charge in [0, 0.05) is 26.7 Å². The number of carbonyl (C=O) groups is 1. The number of halogens is 1. The largest absolute Gasteiger partial charge is 0.383 e. The van der Waals surface area contributed by atoms with Crippen LogP contribution in [0.3, 0.4) is 0 Å². The smallest absolute Gasteiger partial charge is 0.240 e. The van der Waals surface area contributed by atoms with Gasteiger partial charge in [0.15, 0.2) is 0 Å². The Hall–Kier alpha value is -1.19. The van der Waals surface area contributed by atoms with Crippen LogP contribution in [0.15, 0.2) is 29.2 Å². The van der Waals surface area contributed by atoms with E-state index in [4.69, 9.17) is 4.74 Å². The van der Waals surface area contributed by atoms with E-state index < -0.39 is 10.0 Å². The van der Waals surface area contributed by atoms with Gasteiger partial charge in [-0.15, -0.1) is 12.4 Å². The van der Waals surface area contributed by atoms with Gasteiger partial charge < -0.3 is 15.4 Å². The lowest BCUT2D eigenvalue weighted by Gasteiger charge is -2.11. The highest BCUT2D eigenvalue weighted by Gasteiger charge is 2.22. The van der Waals surface area contributed by atoms with Gasteiger partial charge in [0.1, 0.15) is 0 Å². The minimum atomic E-state index is -3.56. The van der Waals surface area contributed by atoms with Crippen molar-refractivity contribution in [3.63, 3.8) is 0 Å². The first-order chi connectivity index (χ1) is 11.0. The Labute approximate surface area is 149 Å². The lowest BCUT2D eigenvalue weighted by atomic mass is 10.1. The van der Waals surface area contributed by atoms with Gasteiger partial charge in [-0.25, -0.2) is 13.1 Å². The molecule has 1 aliphatic rings. The van der Waals surface area contributed by atoms with Gasteiger partial charge >= 0.3 is 0 Å². The third-order valence-corrected chi connectivity index (χ3v) is 5.16. The van der Waals surface area contributed by atoms with Crippen LogP contribution in [0.4, 0.5) is 0 Å². The summed E-state index contributed by atoms with van der Waals surface area (Å²) in [5, 5.41) is 6.00. The highest BCUT2D eigenvalue weighted by molar-refractivity contribution is 7.89. The zero-order chi connectivity index (χ0) is 16.7. The van der Waals surface area contributed by atoms with Gasteiger partial charge in [-0.2, -0.15) is 0 Å². The maximum atomic E-state index is 12.1. The van der Waals surface area contributed by atoms with E-state index in [9.17, 15) is 13.2 Å². The van der Waals surface area contributed by atoms with Crippen molar-refractivity contribution >= 4 is 28.3 Å². The quantitative estimate of drug-likeness (QED) is 0.565. The van der Waals surface area contributed by atoms with Crippen molar-refractivity contribution in [1.82, 2.24) is 15.4 Å². The molecule has 1 heterocycles. The standard InChI is InChI=1S/C15H23N3O4S.ClH/c1-22-8-7-18-23(20,21)14-4-2-3-12(9-14)10-17-15(19)13-5-6-16-11-13;/h2-4,9,13,16,18H,5-8,10-11H2,1H3,(H,17,19);1H. The molecule has 0 aliphatic carbocycles. The molecule has 1 unspecified atom stereocenters. The lowest BCUT2D eigenvalue weighted by molar-refractivity contribution is -0.124. The number of ether oxygens (including phenoxy) is 1. The summed E-state index contributed by atoms with van der Waals surface area (Å²) in [6, 6.07) is 6.56. The van der Waals surface area contributed by atoms with Gasteiger partial charge in [-0.3, -0.25) is 4.79 Å². The second-order valence-electron chi connectivity index (χ2n) is 5.45. The summed E-state index contributed by atoms with van der Waals surface area (Å²) in [6.45, 7) is 2.40. The van der Waals surface area contributed by atoms with Gasteiger partial charge in [0.25, 0.3) is 0 Å². The fraction of sp³-hybridized carbons (Fsp3) is 0.533. The van der Waals surface area contributed by atoms with Crippen molar-refractivity contribution in [1.29, 1.82) is 0 Å². The molecule has 0 aromatic heterocycles. The number of methoxy groups -OCH3 is 1. The molecule has 1 aromatic rings. The van der Waals surface area contributed by atoms with Crippen molar-refractivity contribution in [2.75, 3.05) is 33.4 Å². The second-order valence-corrected chi connectivity index (χ2v) is 7.21. The third-order valence-electron chi connectivity index (χ3n) is 3.70. The normalized spacial score (nSPS) is 17.3. The van der Waals surface area contributed by atoms with Gasteiger partial charge in [0.2, 0.25) is 15.9 Å². The van der Waals surface area contributed by atoms with Gasteiger partial charge in [0.05, 0.1) is 17.4 Å². The van der Waals surface area contributed by atoms with Crippen LogP contribution in [0.25, 0.3) is 0 Å². The topological polar surface area (TPSA) is 96.5 Å². The molecule has 1 fully saturated rings. The van der Waals surface area contributed by atoms with E-state index in [0.717, 1.165) is 18.5 Å². The summed E-state index contributed by atoms with van der Waals surface area (Å²) >= 11 is 0. The summed E-state index contributed by atoms with van der Waals surface area (Å²) < 4.78 is 31.6. The van der Waals surface area contributed by atoms with Crippen LogP contribution in [0.1, 0.15) is 12.0 Å². The predicted octanol–water partition coefficient (Wildman–Crippen LogP) is 0.259. The highest BCUT2D eigenvalue weighted by Crippen LogP contribution is 2.12. The monoisotopic (exact) mass is 377 g/mol. The van der Waals surface area contributed by atoms with Crippen molar-refractivity contribution in [3.8, 4) is 0 Å². The summed E-state index contributed by atoms with van der Waals surface area (Å²) in [7, 11) is -2.05. The SMILES string of the molecule is COCCNS(=O)(=O)c1cccc(CNC(=O)C2CCNC2)c1.Cl. The van der Waals surface area contributed by atoms with Crippen LogP contribution < -0.4 is 15.4 Å². The van der Waals surface area contributed by atoms with Crippen molar-refractivity contribution in [3.05, 3.63) is 29.8 Å². The Kier molecular flexibility index (Phi) is 8.65. The Morgan fingerprint density at radius 2 is 2.21 bits per heavy atom. The number of nitrogens with one attached hydrogen (secondary N) is 3. The molecule has 0 radical (unpaired) electrons. The molecule has 2 rings (SSSR count). The number of carbonyl (C=O) groups excluding carboxylic acids is 1. The van der Waals surface area contributed by atoms with E-state index in [0.29, 0.717) is 19.7 Å². The molecule has 9 heteroatoms. The minimum Gasteiger partial charge on any atom is -0.383 e. The summed E-state index contributed by atoms with van der Waals surface area (Å²) in [5.74, 6) is -0.000828. The molecule has 1 saturated heterocycles. The molecule has 7 nitrogen and oxygen atoms in total. The fourth-order valence-electron chi connectivity index (χ4n) is 2.40. The van der Waals surface area contributed by atoms with Crippen LogP contribution >= 0.6 is 12.4 Å². The minimum absolute atomic E-state index is 0. The van der Waals surface area contributed by atoms with Crippen LogP contribution in [0.2, 0.25) is 0 Å². The molecule has 0 spiro atoms. The first-order valence-electron chi connectivity index (χ1n) is 7.59. The van der Waals surface area contributed by atoms with E-state index in [2.05, 4.69) is 15.4 Å². The van der Waals surface area contributed by atoms with Crippen molar-refractivity contribution < 1.29 is 17.9 Å². The van der Waals surface area contributed by atoms with E-state index in [1.165, 1.54) is 13.2 Å². The Bertz CT molecular complexity index is 633. The number of benzene rings is 1. The average Bonchev–Trinajstić information content (AvgIpc) is 3.07. The summed E-state index contributed by atoms with van der Waals surface area (Å²) in [6.07, 6.45) is 0.837. The third kappa shape index (κ3) is 6.03. The molecular weight excluding hydrogens is 354 g/mol. The van der Waals surface area contributed by atoms with Gasteiger partial charge in [-0.05, 0) is 30.7 Å². The maximum absolute atomic E-state index is 12.1. The Morgan fingerprint density at radius 3 is 2.88 bits per heavy atom. The Morgan fingerprint density at radius 1 is 1.42 bits per heavy atom. The second kappa shape index (κ2) is 9.95. The maximum Gasteiger partial charge on any atom is 0.240 e. The Balaban J connectivity index is 0.00000288. The number of rotatable bonds is 8. The molecule has 1 aromatic carbocycles. The van der Waals surface area contributed by atoms with E-state index in [1.54, 1.807) is 18.2 Å². The van der Waals surface area contributed by atoms with Crippen molar-refractivity contribution in [2.45, 2.75) is 17.9 Å². The average molecular weight is 378 g/mol. The number of sulfonamides is 1. The van der Waals surface area contributed by atoms with Crippen LogP contribution in [-0.2, 0) is 26.1 Å². The molecular formula is C15H24ClN3O4S. The van der Waals surface area contributed by atoms with Crippen LogP contribution in [0.5, 0.6) is 0 Å². The van der Waals surface area contributed by atoms with Crippen molar-refractivity contribution in [2.24, 2.45) is 5.92 Å². The highest BCUT2D eigenvalue weighted by atomic mass is 35.5. The molecule has 1 amide bonds. The molecule has 136 valence electrons. The number of hydrogen-bond acceptors (Lipinski definition) is 5. The van der Waals surface area contributed by atoms with Gasteiger partial charge in [-0.1, -0.05) is 12.1 Å². The molecule has 0 bridgehead atoms. The van der Waals surface area contributed by atoms with E-state index in [-0.39, 0.29) is 35.7 Å². The molecule has 24 heavy (non-hydrogen) atoms. The summed E-state index contributed by atoms with van der Waals surface area (Å²) in [4.78, 5) is 12.2. The van der Waals surface area contributed by atoms with Crippen LogP contribution in [0, 0.1) is 5.92 Å². The number of amides is 1. The van der Waals surface area contributed by atoms with E-state index >= 15 is 0 Å². The zero-order valence-electron chi connectivity index (χ0n) is 13.6. The number of hydrogen-bond donors (Lipinski definition) is 3. The van der Waals surface area contributed by atoms with E-state index in [1.807, 2.05) is 0 Å². The summed E-state index contributed by atoms with van der Waals surface area (Å²) in [5.41, 5.74) is 0.749. The lowest BCUT2D eigenvalue weighted by Crippen LogP contribution is -2.31. The first kappa shape index (κ1) is 20.9. The fourth-order valence-corrected chi connectivity index (χ4v) is 3.48. The molecule has 0 saturated carbocycles. The zero-order valence-corrected chi connectivity index (χ0v) is 15.2. The van der Waals surface area contributed by atoms with Crippen LogP contribution in [-0.4, -0.2) is 47.7 Å². The molecule has 1 aliphatic heterocycles.